The number of benzene rings is 1. The average molecular weight is 356 g/mol. The molecular weight excluding hydrogens is 331 g/mol. The summed E-state index contributed by atoms with van der Waals surface area (Å²) in [5.41, 5.74) is 0.806. The standard InChI is InChI=1S/C16H23FN2O3.CH2O2/c1-18(6-8-20)11-15-12-22-9-7-19(15)16(21)10-13-2-4-14(17)5-3-13;2-1-3/h2-5,15,20H,6-12H2,1H3;1H,(H,2,3). The third kappa shape index (κ3) is 7.59. The second kappa shape index (κ2) is 11.5. The van der Waals surface area contributed by atoms with Gasteiger partial charge in [0.1, 0.15) is 5.82 Å². The van der Waals surface area contributed by atoms with Gasteiger partial charge in [-0.1, -0.05) is 12.1 Å². The van der Waals surface area contributed by atoms with Crippen LogP contribution in [0.25, 0.3) is 0 Å². The predicted octanol–water partition coefficient (Wildman–Crippen LogP) is 0.221. The minimum Gasteiger partial charge on any atom is -0.483 e. The zero-order valence-corrected chi connectivity index (χ0v) is 14.3. The number of carboxylic acid groups (broad SMARTS) is 1. The van der Waals surface area contributed by atoms with Crippen LogP contribution < -0.4 is 0 Å². The summed E-state index contributed by atoms with van der Waals surface area (Å²) < 4.78 is 18.4. The minimum absolute atomic E-state index is 0.0155. The van der Waals surface area contributed by atoms with Gasteiger partial charge in [-0.2, -0.15) is 0 Å². The fraction of sp³-hybridized carbons (Fsp3) is 0.529. The average Bonchev–Trinajstić information content (AvgIpc) is 2.58. The summed E-state index contributed by atoms with van der Waals surface area (Å²) in [5.74, 6) is -0.275. The zero-order chi connectivity index (χ0) is 18.7. The lowest BCUT2D eigenvalue weighted by atomic mass is 10.1. The van der Waals surface area contributed by atoms with Crippen molar-refractivity contribution in [2.24, 2.45) is 0 Å². The number of carbonyl (C=O) groups is 2. The summed E-state index contributed by atoms with van der Waals surface area (Å²) in [4.78, 5) is 24.7. The molecule has 1 amide bonds. The van der Waals surface area contributed by atoms with Gasteiger partial charge in [0.2, 0.25) is 5.91 Å². The van der Waals surface area contributed by atoms with Crippen LogP contribution in [-0.2, 0) is 20.7 Å². The van der Waals surface area contributed by atoms with E-state index in [1.165, 1.54) is 12.1 Å². The Labute approximate surface area is 146 Å². The number of aliphatic hydroxyl groups excluding tert-OH is 1. The fourth-order valence-corrected chi connectivity index (χ4v) is 2.63. The molecule has 8 heteroatoms. The molecule has 1 fully saturated rings. The highest BCUT2D eigenvalue weighted by molar-refractivity contribution is 5.79. The molecule has 0 spiro atoms. The Morgan fingerprint density at radius 3 is 2.68 bits per heavy atom. The summed E-state index contributed by atoms with van der Waals surface area (Å²) in [6.07, 6.45) is 0.264. The van der Waals surface area contributed by atoms with Crippen LogP contribution in [0.2, 0.25) is 0 Å². The van der Waals surface area contributed by atoms with Gasteiger partial charge in [-0.05, 0) is 24.7 Å². The maximum Gasteiger partial charge on any atom is 0.290 e. The van der Waals surface area contributed by atoms with Gasteiger partial charge in [0, 0.05) is 19.6 Å². The van der Waals surface area contributed by atoms with E-state index < -0.39 is 0 Å². The first-order chi connectivity index (χ1) is 12.0. The number of nitrogens with zero attached hydrogens (tertiary/aromatic N) is 2. The first kappa shape index (κ1) is 21.0. The Bertz CT molecular complexity index is 526. The number of morpholine rings is 1. The van der Waals surface area contributed by atoms with Gasteiger partial charge in [-0.3, -0.25) is 9.59 Å². The summed E-state index contributed by atoms with van der Waals surface area (Å²) in [6, 6.07) is 6.00. The topological polar surface area (TPSA) is 90.3 Å². The van der Waals surface area contributed by atoms with Gasteiger partial charge in [-0.15, -0.1) is 0 Å². The maximum absolute atomic E-state index is 12.9. The molecule has 1 heterocycles. The Balaban J connectivity index is 0.000000970. The van der Waals surface area contributed by atoms with E-state index in [0.717, 1.165) is 5.56 Å². The van der Waals surface area contributed by atoms with Crippen LogP contribution in [0.3, 0.4) is 0 Å². The van der Waals surface area contributed by atoms with Crippen LogP contribution in [-0.4, -0.2) is 84.9 Å². The molecule has 25 heavy (non-hydrogen) atoms. The highest BCUT2D eigenvalue weighted by Crippen LogP contribution is 2.12. The van der Waals surface area contributed by atoms with Crippen molar-refractivity contribution in [3.05, 3.63) is 35.6 Å². The molecule has 2 N–H and O–H groups in total. The molecule has 1 aliphatic heterocycles. The fourth-order valence-electron chi connectivity index (χ4n) is 2.63. The van der Waals surface area contributed by atoms with Gasteiger partial charge in [0.15, 0.2) is 0 Å². The van der Waals surface area contributed by atoms with Crippen molar-refractivity contribution in [2.75, 3.05) is 46.5 Å². The number of amides is 1. The lowest BCUT2D eigenvalue weighted by molar-refractivity contribution is -0.139. The van der Waals surface area contributed by atoms with E-state index in [4.69, 9.17) is 19.7 Å². The van der Waals surface area contributed by atoms with Gasteiger partial charge in [0.05, 0.1) is 32.3 Å². The van der Waals surface area contributed by atoms with E-state index in [9.17, 15) is 9.18 Å². The number of rotatable bonds is 6. The molecule has 2 rings (SSSR count). The number of aliphatic hydroxyl groups is 1. The highest BCUT2D eigenvalue weighted by Gasteiger charge is 2.28. The molecule has 0 bridgehead atoms. The summed E-state index contributed by atoms with van der Waals surface area (Å²) in [5, 5.41) is 15.9. The van der Waals surface area contributed by atoms with E-state index in [2.05, 4.69) is 0 Å². The molecule has 1 aromatic rings. The van der Waals surface area contributed by atoms with E-state index in [1.54, 1.807) is 12.1 Å². The van der Waals surface area contributed by atoms with Crippen molar-refractivity contribution in [3.8, 4) is 0 Å². The zero-order valence-electron chi connectivity index (χ0n) is 14.3. The molecule has 0 radical (unpaired) electrons. The van der Waals surface area contributed by atoms with Gasteiger partial charge >= 0.3 is 0 Å². The number of hydrogen-bond acceptors (Lipinski definition) is 5. The number of likely N-dealkylation sites (N-methyl/N-ethyl adjacent to an activating group) is 1. The third-order valence-electron chi connectivity index (χ3n) is 3.82. The Kier molecular flexibility index (Phi) is 9.68. The summed E-state index contributed by atoms with van der Waals surface area (Å²) in [7, 11) is 1.91. The van der Waals surface area contributed by atoms with Gasteiger partial charge in [-0.25, -0.2) is 4.39 Å². The van der Waals surface area contributed by atoms with Crippen molar-refractivity contribution < 1.29 is 28.9 Å². The molecular formula is C17H25FN2O5. The van der Waals surface area contributed by atoms with Crippen LogP contribution in [0.15, 0.2) is 24.3 Å². The molecule has 1 aliphatic rings. The molecule has 0 aliphatic carbocycles. The van der Waals surface area contributed by atoms with Crippen molar-refractivity contribution in [2.45, 2.75) is 12.5 Å². The normalized spacial score (nSPS) is 17.0. The molecule has 140 valence electrons. The molecule has 1 aromatic carbocycles. The lowest BCUT2D eigenvalue weighted by Gasteiger charge is -2.37. The first-order valence-corrected chi connectivity index (χ1v) is 8.00. The monoisotopic (exact) mass is 356 g/mol. The van der Waals surface area contributed by atoms with Gasteiger partial charge < -0.3 is 24.7 Å². The minimum atomic E-state index is -0.300. The van der Waals surface area contributed by atoms with Crippen LogP contribution in [0, 0.1) is 5.82 Å². The molecule has 0 aromatic heterocycles. The second-order valence-corrected chi connectivity index (χ2v) is 5.71. The lowest BCUT2D eigenvalue weighted by Crippen LogP contribution is -2.53. The molecule has 0 saturated carbocycles. The van der Waals surface area contributed by atoms with E-state index in [1.807, 2.05) is 16.8 Å². The van der Waals surface area contributed by atoms with Gasteiger partial charge in [0.25, 0.3) is 6.47 Å². The van der Waals surface area contributed by atoms with Crippen LogP contribution in [0.4, 0.5) is 4.39 Å². The number of carbonyl (C=O) groups excluding carboxylic acids is 1. The molecule has 1 atom stereocenters. The number of hydrogen-bond donors (Lipinski definition) is 2. The van der Waals surface area contributed by atoms with Crippen LogP contribution in [0.5, 0.6) is 0 Å². The number of ether oxygens (including phenoxy) is 1. The van der Waals surface area contributed by atoms with Crippen molar-refractivity contribution in [3.63, 3.8) is 0 Å². The van der Waals surface area contributed by atoms with Crippen LogP contribution >= 0.6 is 0 Å². The number of halogens is 1. The summed E-state index contributed by atoms with van der Waals surface area (Å²) >= 11 is 0. The Morgan fingerprint density at radius 1 is 1.44 bits per heavy atom. The van der Waals surface area contributed by atoms with Crippen molar-refractivity contribution in [1.82, 2.24) is 9.80 Å². The Hall–Kier alpha value is -2.03. The smallest absolute Gasteiger partial charge is 0.290 e. The van der Waals surface area contributed by atoms with Crippen molar-refractivity contribution >= 4 is 12.4 Å². The first-order valence-electron chi connectivity index (χ1n) is 8.00. The second-order valence-electron chi connectivity index (χ2n) is 5.71. The molecule has 1 saturated heterocycles. The van der Waals surface area contributed by atoms with Crippen molar-refractivity contribution in [1.29, 1.82) is 0 Å². The molecule has 7 nitrogen and oxygen atoms in total. The van der Waals surface area contributed by atoms with E-state index in [-0.39, 0.29) is 37.3 Å². The summed E-state index contributed by atoms with van der Waals surface area (Å²) in [6.45, 7) is 2.68. The third-order valence-corrected chi connectivity index (χ3v) is 3.82. The Morgan fingerprint density at radius 2 is 2.08 bits per heavy atom. The molecule has 1 unspecified atom stereocenters. The van der Waals surface area contributed by atoms with Crippen LogP contribution in [0.1, 0.15) is 5.56 Å². The predicted molar refractivity (Wildman–Crippen MR) is 89.7 cm³/mol. The van der Waals surface area contributed by atoms with E-state index >= 15 is 0 Å². The highest BCUT2D eigenvalue weighted by atomic mass is 19.1. The maximum atomic E-state index is 12.9. The van der Waals surface area contributed by atoms with E-state index in [0.29, 0.717) is 32.8 Å². The SMILES string of the molecule is CN(CCO)CC1COCCN1C(=O)Cc1ccc(F)cc1.O=CO. The largest absolute Gasteiger partial charge is 0.483 e. The quantitative estimate of drug-likeness (QED) is 0.709.